The van der Waals surface area contributed by atoms with E-state index in [-0.39, 0.29) is 11.3 Å². The Morgan fingerprint density at radius 3 is 2.62 bits per heavy atom. The fourth-order valence-corrected chi connectivity index (χ4v) is 4.78. The SMILES string of the molecule is CC(C)(C)n1c(SCC(=O)O)nnc1C1CC2CCC1C2. The third-order valence-electron chi connectivity index (χ3n) is 4.72. The zero-order valence-electron chi connectivity index (χ0n) is 12.9. The summed E-state index contributed by atoms with van der Waals surface area (Å²) in [4.78, 5) is 10.8. The molecular weight excluding hydrogens is 286 g/mol. The number of rotatable bonds is 4. The van der Waals surface area contributed by atoms with Crippen LogP contribution < -0.4 is 0 Å². The Hall–Kier alpha value is -1.04. The summed E-state index contributed by atoms with van der Waals surface area (Å²) in [6, 6.07) is 0. The van der Waals surface area contributed by atoms with Crippen LogP contribution >= 0.6 is 11.8 Å². The van der Waals surface area contributed by atoms with Gasteiger partial charge in [-0.3, -0.25) is 4.79 Å². The van der Waals surface area contributed by atoms with Gasteiger partial charge in [0.15, 0.2) is 5.16 Å². The van der Waals surface area contributed by atoms with Crippen LogP contribution in [0.4, 0.5) is 0 Å². The lowest BCUT2D eigenvalue weighted by Gasteiger charge is -2.29. The molecule has 0 spiro atoms. The average Bonchev–Trinajstić information content (AvgIpc) is 3.09. The summed E-state index contributed by atoms with van der Waals surface area (Å²) in [6.45, 7) is 6.41. The molecule has 0 amide bonds. The number of hydrogen-bond donors (Lipinski definition) is 1. The fourth-order valence-electron chi connectivity index (χ4n) is 3.93. The van der Waals surface area contributed by atoms with Gasteiger partial charge in [0.1, 0.15) is 5.82 Å². The Labute approximate surface area is 129 Å². The van der Waals surface area contributed by atoms with Crippen molar-refractivity contribution in [3.05, 3.63) is 5.82 Å². The van der Waals surface area contributed by atoms with Crippen LogP contribution in [0.5, 0.6) is 0 Å². The van der Waals surface area contributed by atoms with Crippen LogP contribution in [0.1, 0.15) is 58.2 Å². The summed E-state index contributed by atoms with van der Waals surface area (Å²) in [7, 11) is 0. The predicted molar refractivity (Wildman–Crippen MR) is 81.6 cm³/mol. The number of nitrogens with zero attached hydrogens (tertiary/aromatic N) is 3. The lowest BCUT2D eigenvalue weighted by atomic mass is 9.87. The summed E-state index contributed by atoms with van der Waals surface area (Å²) in [5, 5.41) is 18.4. The van der Waals surface area contributed by atoms with Crippen LogP contribution in [0, 0.1) is 11.8 Å². The standard InChI is InChI=1S/C15H23N3O2S/c1-15(2,3)18-13(11-7-9-4-5-10(11)6-9)16-17-14(18)21-8-12(19)20/h9-11H,4-8H2,1-3H3,(H,19,20). The molecule has 5 nitrogen and oxygen atoms in total. The Morgan fingerprint density at radius 1 is 1.33 bits per heavy atom. The van der Waals surface area contributed by atoms with Gasteiger partial charge in [-0.2, -0.15) is 0 Å². The molecule has 6 heteroatoms. The molecule has 3 rings (SSSR count). The zero-order valence-corrected chi connectivity index (χ0v) is 13.7. The van der Waals surface area contributed by atoms with E-state index in [1.54, 1.807) is 0 Å². The number of aromatic nitrogens is 3. The molecule has 2 fully saturated rings. The van der Waals surface area contributed by atoms with Crippen LogP contribution in [0.15, 0.2) is 5.16 Å². The molecule has 1 aromatic rings. The largest absolute Gasteiger partial charge is 0.481 e. The van der Waals surface area contributed by atoms with E-state index in [1.165, 1.54) is 37.4 Å². The summed E-state index contributed by atoms with van der Waals surface area (Å²) >= 11 is 1.27. The van der Waals surface area contributed by atoms with E-state index in [0.29, 0.717) is 5.92 Å². The molecule has 116 valence electrons. The van der Waals surface area contributed by atoms with Crippen molar-refractivity contribution in [1.29, 1.82) is 0 Å². The van der Waals surface area contributed by atoms with Gasteiger partial charge in [-0.05, 0) is 51.9 Å². The fraction of sp³-hybridized carbons (Fsp3) is 0.800. The quantitative estimate of drug-likeness (QED) is 0.866. The number of carbonyl (C=O) groups is 1. The summed E-state index contributed by atoms with van der Waals surface area (Å²) in [6.07, 6.45) is 5.23. The van der Waals surface area contributed by atoms with E-state index < -0.39 is 5.97 Å². The van der Waals surface area contributed by atoms with Gasteiger partial charge in [0.2, 0.25) is 0 Å². The highest BCUT2D eigenvalue weighted by molar-refractivity contribution is 7.99. The highest BCUT2D eigenvalue weighted by atomic mass is 32.2. The third kappa shape index (κ3) is 2.82. The van der Waals surface area contributed by atoms with Gasteiger partial charge in [0, 0.05) is 11.5 Å². The van der Waals surface area contributed by atoms with Gasteiger partial charge in [0.25, 0.3) is 0 Å². The Kier molecular flexibility index (Phi) is 3.76. The third-order valence-corrected chi connectivity index (χ3v) is 5.64. The molecule has 0 radical (unpaired) electrons. The van der Waals surface area contributed by atoms with Crippen molar-refractivity contribution in [2.45, 2.75) is 63.1 Å². The van der Waals surface area contributed by atoms with Crippen molar-refractivity contribution in [3.63, 3.8) is 0 Å². The van der Waals surface area contributed by atoms with Crippen LogP contribution in [-0.4, -0.2) is 31.6 Å². The number of hydrogen-bond acceptors (Lipinski definition) is 4. The van der Waals surface area contributed by atoms with E-state index in [0.717, 1.165) is 22.8 Å². The van der Waals surface area contributed by atoms with E-state index >= 15 is 0 Å². The van der Waals surface area contributed by atoms with E-state index in [1.807, 2.05) is 0 Å². The van der Waals surface area contributed by atoms with Gasteiger partial charge in [-0.1, -0.05) is 18.2 Å². The molecule has 21 heavy (non-hydrogen) atoms. The van der Waals surface area contributed by atoms with Crippen LogP contribution in [0.25, 0.3) is 0 Å². The molecule has 1 heterocycles. The molecule has 2 bridgehead atoms. The first-order valence-electron chi connectivity index (χ1n) is 7.66. The van der Waals surface area contributed by atoms with Crippen molar-refractivity contribution in [2.75, 3.05) is 5.75 Å². The Bertz CT molecular complexity index is 550. The molecule has 2 saturated carbocycles. The van der Waals surface area contributed by atoms with Gasteiger partial charge in [-0.25, -0.2) is 0 Å². The lowest BCUT2D eigenvalue weighted by molar-refractivity contribution is -0.133. The summed E-state index contributed by atoms with van der Waals surface area (Å²) in [5.41, 5.74) is -0.124. The maximum atomic E-state index is 10.8. The van der Waals surface area contributed by atoms with Gasteiger partial charge in [0.05, 0.1) is 5.75 Å². The van der Waals surface area contributed by atoms with Gasteiger partial charge < -0.3 is 9.67 Å². The molecule has 2 aliphatic carbocycles. The van der Waals surface area contributed by atoms with Crippen molar-refractivity contribution in [2.24, 2.45) is 11.8 Å². The lowest BCUT2D eigenvalue weighted by Crippen LogP contribution is -2.27. The minimum Gasteiger partial charge on any atom is -0.481 e. The van der Waals surface area contributed by atoms with Crippen LogP contribution in [-0.2, 0) is 10.3 Å². The molecule has 1 aromatic heterocycles. The van der Waals surface area contributed by atoms with Crippen LogP contribution in [0.3, 0.4) is 0 Å². The number of aliphatic carboxylic acids is 1. The Morgan fingerprint density at radius 2 is 2.10 bits per heavy atom. The van der Waals surface area contributed by atoms with Crippen LogP contribution in [0.2, 0.25) is 0 Å². The molecule has 2 aliphatic rings. The van der Waals surface area contributed by atoms with Gasteiger partial charge in [-0.15, -0.1) is 10.2 Å². The molecule has 3 atom stereocenters. The monoisotopic (exact) mass is 309 g/mol. The smallest absolute Gasteiger partial charge is 0.313 e. The van der Waals surface area contributed by atoms with Crippen molar-refractivity contribution < 1.29 is 9.90 Å². The summed E-state index contributed by atoms with van der Waals surface area (Å²) < 4.78 is 2.17. The first-order chi connectivity index (χ1) is 9.86. The molecule has 1 N–H and O–H groups in total. The zero-order chi connectivity index (χ0) is 15.2. The van der Waals surface area contributed by atoms with E-state index in [2.05, 4.69) is 35.5 Å². The first kappa shape index (κ1) is 14.9. The highest BCUT2D eigenvalue weighted by Gasteiger charge is 2.43. The van der Waals surface area contributed by atoms with Crippen molar-refractivity contribution in [1.82, 2.24) is 14.8 Å². The van der Waals surface area contributed by atoms with E-state index in [9.17, 15) is 4.79 Å². The molecule has 0 aromatic carbocycles. The minimum absolute atomic E-state index is 0.0327. The average molecular weight is 309 g/mol. The van der Waals surface area contributed by atoms with Gasteiger partial charge >= 0.3 is 5.97 Å². The second-order valence-corrected chi connectivity index (χ2v) is 8.25. The number of fused-ring (bicyclic) bond motifs is 2. The number of thioether (sulfide) groups is 1. The number of carboxylic acids is 1. The predicted octanol–water partition coefficient (Wildman–Crippen LogP) is 3.11. The molecule has 0 saturated heterocycles. The topological polar surface area (TPSA) is 68.0 Å². The van der Waals surface area contributed by atoms with E-state index in [4.69, 9.17) is 5.11 Å². The number of carboxylic acid groups (broad SMARTS) is 1. The molecule has 0 aliphatic heterocycles. The molecule has 3 unspecified atom stereocenters. The minimum atomic E-state index is -0.815. The second-order valence-electron chi connectivity index (χ2n) is 7.31. The first-order valence-corrected chi connectivity index (χ1v) is 8.65. The Balaban J connectivity index is 1.91. The maximum absolute atomic E-state index is 10.8. The normalized spacial score (nSPS) is 28.2. The molecular formula is C15H23N3O2S. The summed E-state index contributed by atoms with van der Waals surface area (Å²) in [5.74, 6) is 2.41. The maximum Gasteiger partial charge on any atom is 0.313 e. The van der Waals surface area contributed by atoms with Crippen molar-refractivity contribution >= 4 is 17.7 Å². The second kappa shape index (κ2) is 5.30. The van der Waals surface area contributed by atoms with Crippen molar-refractivity contribution in [3.8, 4) is 0 Å². The highest BCUT2D eigenvalue weighted by Crippen LogP contribution is 2.53.